The topological polar surface area (TPSA) is 35.2 Å². The van der Waals surface area contributed by atoms with Crippen LogP contribution in [0.4, 0.5) is 0 Å². The normalized spacial score (nSPS) is 15.2. The van der Waals surface area contributed by atoms with Crippen LogP contribution in [0.3, 0.4) is 0 Å². The maximum absolute atomic E-state index is 6.24. The van der Waals surface area contributed by atoms with Gasteiger partial charge in [0.15, 0.2) is 0 Å². The summed E-state index contributed by atoms with van der Waals surface area (Å²) in [5.74, 6) is 1.47. The lowest BCUT2D eigenvalue weighted by Gasteiger charge is -2.35. The molecule has 0 bridgehead atoms. The Kier molecular flexibility index (Phi) is 5.64. The molecule has 0 radical (unpaired) electrons. The molecule has 0 saturated carbocycles. The lowest BCUT2D eigenvalue weighted by molar-refractivity contribution is 0.0621. The fourth-order valence-electron chi connectivity index (χ4n) is 2.64. The first-order valence-electron chi connectivity index (χ1n) is 7.69. The highest BCUT2D eigenvalue weighted by Gasteiger charge is 2.31. The molecular formula is C18H31NO. The Labute approximate surface area is 124 Å². The summed E-state index contributed by atoms with van der Waals surface area (Å²) in [7, 11) is 0. The van der Waals surface area contributed by atoms with Gasteiger partial charge in [-0.2, -0.15) is 0 Å². The first-order chi connectivity index (χ1) is 9.16. The number of benzene rings is 1. The molecule has 114 valence electrons. The molecule has 2 nitrogen and oxygen atoms in total. The molecule has 0 aliphatic carbocycles. The van der Waals surface area contributed by atoms with Gasteiger partial charge in [-0.1, -0.05) is 47.6 Å². The SMILES string of the molecule is CCC(N)C(Oc1ccc(C(C)C)c(C)c1)C(C)(C)C. The predicted octanol–water partition coefficient (Wildman–Crippen LogP) is 4.65. The third kappa shape index (κ3) is 4.24. The van der Waals surface area contributed by atoms with Crippen molar-refractivity contribution in [2.45, 2.75) is 73.0 Å². The average Bonchev–Trinajstić information content (AvgIpc) is 2.33. The van der Waals surface area contributed by atoms with Crippen molar-refractivity contribution >= 4 is 0 Å². The van der Waals surface area contributed by atoms with Crippen LogP contribution in [0.2, 0.25) is 0 Å². The molecule has 0 amide bonds. The molecule has 2 atom stereocenters. The predicted molar refractivity (Wildman–Crippen MR) is 87.4 cm³/mol. The van der Waals surface area contributed by atoms with Crippen LogP contribution in [0.25, 0.3) is 0 Å². The average molecular weight is 277 g/mol. The monoisotopic (exact) mass is 277 g/mol. The zero-order valence-corrected chi connectivity index (χ0v) is 14.2. The van der Waals surface area contributed by atoms with E-state index in [-0.39, 0.29) is 17.6 Å². The molecule has 0 spiro atoms. The standard InChI is InChI=1S/C18H31NO/c1-8-16(19)17(18(5,6)7)20-14-9-10-15(12(2)3)13(4)11-14/h9-12,16-17H,8,19H2,1-7H3. The molecule has 0 aromatic heterocycles. The lowest BCUT2D eigenvalue weighted by atomic mass is 9.84. The van der Waals surface area contributed by atoms with E-state index in [1.807, 2.05) is 0 Å². The van der Waals surface area contributed by atoms with Crippen molar-refractivity contribution in [3.8, 4) is 5.75 Å². The maximum atomic E-state index is 6.24. The second-order valence-corrected chi connectivity index (χ2v) is 7.15. The summed E-state index contributed by atoms with van der Waals surface area (Å²) in [5, 5.41) is 0. The number of aryl methyl sites for hydroxylation is 1. The molecule has 0 fully saturated rings. The third-order valence-electron chi connectivity index (χ3n) is 3.84. The van der Waals surface area contributed by atoms with Gasteiger partial charge in [0.05, 0.1) is 0 Å². The van der Waals surface area contributed by atoms with E-state index < -0.39 is 0 Å². The Morgan fingerprint density at radius 2 is 1.80 bits per heavy atom. The fraction of sp³-hybridized carbons (Fsp3) is 0.667. The van der Waals surface area contributed by atoms with E-state index in [0.717, 1.165) is 12.2 Å². The Bertz CT molecular complexity index is 432. The highest BCUT2D eigenvalue weighted by molar-refractivity contribution is 5.36. The van der Waals surface area contributed by atoms with E-state index in [1.54, 1.807) is 0 Å². The quantitative estimate of drug-likeness (QED) is 0.850. The Morgan fingerprint density at radius 3 is 2.20 bits per heavy atom. The van der Waals surface area contributed by atoms with Gasteiger partial charge in [-0.3, -0.25) is 0 Å². The minimum atomic E-state index is 0.0248. The van der Waals surface area contributed by atoms with E-state index in [1.165, 1.54) is 11.1 Å². The van der Waals surface area contributed by atoms with Gasteiger partial charge in [-0.15, -0.1) is 0 Å². The van der Waals surface area contributed by atoms with Crippen molar-refractivity contribution in [1.82, 2.24) is 0 Å². The molecule has 1 aromatic rings. The smallest absolute Gasteiger partial charge is 0.120 e. The summed E-state index contributed by atoms with van der Waals surface area (Å²) in [6, 6.07) is 6.44. The van der Waals surface area contributed by atoms with Gasteiger partial charge in [-0.05, 0) is 42.5 Å². The number of hydrogen-bond acceptors (Lipinski definition) is 2. The van der Waals surface area contributed by atoms with Gasteiger partial charge in [0, 0.05) is 11.5 Å². The van der Waals surface area contributed by atoms with Crippen molar-refractivity contribution in [3.63, 3.8) is 0 Å². The Morgan fingerprint density at radius 1 is 1.20 bits per heavy atom. The maximum Gasteiger partial charge on any atom is 0.120 e. The van der Waals surface area contributed by atoms with Crippen molar-refractivity contribution in [2.24, 2.45) is 11.1 Å². The van der Waals surface area contributed by atoms with E-state index in [9.17, 15) is 0 Å². The summed E-state index contributed by atoms with van der Waals surface area (Å²) in [4.78, 5) is 0. The molecule has 2 unspecified atom stereocenters. The summed E-state index contributed by atoms with van der Waals surface area (Å²) < 4.78 is 6.22. The first kappa shape index (κ1) is 17.0. The molecule has 20 heavy (non-hydrogen) atoms. The number of nitrogens with two attached hydrogens (primary N) is 1. The van der Waals surface area contributed by atoms with Crippen LogP contribution in [-0.4, -0.2) is 12.1 Å². The van der Waals surface area contributed by atoms with Crippen molar-refractivity contribution in [2.75, 3.05) is 0 Å². The van der Waals surface area contributed by atoms with Gasteiger partial charge in [-0.25, -0.2) is 0 Å². The molecule has 2 heteroatoms. The molecule has 0 saturated heterocycles. The van der Waals surface area contributed by atoms with Crippen molar-refractivity contribution in [1.29, 1.82) is 0 Å². The minimum absolute atomic E-state index is 0.0248. The highest BCUT2D eigenvalue weighted by Crippen LogP contribution is 2.30. The van der Waals surface area contributed by atoms with Crippen LogP contribution in [0.5, 0.6) is 5.75 Å². The summed E-state index contributed by atoms with van der Waals surface area (Å²) in [6.07, 6.45) is 0.946. The Hall–Kier alpha value is -1.02. The molecular weight excluding hydrogens is 246 g/mol. The fourth-order valence-corrected chi connectivity index (χ4v) is 2.64. The zero-order valence-electron chi connectivity index (χ0n) is 14.2. The van der Waals surface area contributed by atoms with Crippen LogP contribution in [0.1, 0.15) is 65.0 Å². The highest BCUT2D eigenvalue weighted by atomic mass is 16.5. The van der Waals surface area contributed by atoms with Crippen LogP contribution in [-0.2, 0) is 0 Å². The minimum Gasteiger partial charge on any atom is -0.488 e. The molecule has 1 rings (SSSR count). The van der Waals surface area contributed by atoms with Gasteiger partial charge >= 0.3 is 0 Å². The summed E-state index contributed by atoms with van der Waals surface area (Å²) in [6.45, 7) is 15.2. The Balaban J connectivity index is 2.98. The van der Waals surface area contributed by atoms with Crippen LogP contribution in [0.15, 0.2) is 18.2 Å². The van der Waals surface area contributed by atoms with Crippen LogP contribution < -0.4 is 10.5 Å². The van der Waals surface area contributed by atoms with E-state index in [2.05, 4.69) is 66.7 Å². The van der Waals surface area contributed by atoms with Crippen LogP contribution in [0, 0.1) is 12.3 Å². The van der Waals surface area contributed by atoms with E-state index >= 15 is 0 Å². The molecule has 1 aromatic carbocycles. The number of hydrogen-bond donors (Lipinski definition) is 1. The summed E-state index contributed by atoms with van der Waals surface area (Å²) >= 11 is 0. The van der Waals surface area contributed by atoms with Gasteiger partial charge < -0.3 is 10.5 Å². The summed E-state index contributed by atoms with van der Waals surface area (Å²) in [5.41, 5.74) is 8.94. The first-order valence-corrected chi connectivity index (χ1v) is 7.69. The molecule has 0 aliphatic rings. The van der Waals surface area contributed by atoms with Crippen molar-refractivity contribution < 1.29 is 4.74 Å². The second-order valence-electron chi connectivity index (χ2n) is 7.15. The zero-order chi connectivity index (χ0) is 15.5. The lowest BCUT2D eigenvalue weighted by Crippen LogP contribution is -2.47. The second kappa shape index (κ2) is 6.62. The molecule has 0 heterocycles. The van der Waals surface area contributed by atoms with Gasteiger partial charge in [0.2, 0.25) is 0 Å². The largest absolute Gasteiger partial charge is 0.488 e. The molecule has 2 N–H and O–H groups in total. The number of ether oxygens (including phenoxy) is 1. The third-order valence-corrected chi connectivity index (χ3v) is 3.84. The molecule has 0 aliphatic heterocycles. The van der Waals surface area contributed by atoms with E-state index in [0.29, 0.717) is 5.92 Å². The van der Waals surface area contributed by atoms with Gasteiger partial charge in [0.25, 0.3) is 0 Å². The number of rotatable bonds is 5. The van der Waals surface area contributed by atoms with Gasteiger partial charge in [0.1, 0.15) is 11.9 Å². The van der Waals surface area contributed by atoms with E-state index in [4.69, 9.17) is 10.5 Å². The van der Waals surface area contributed by atoms with Crippen LogP contribution >= 0.6 is 0 Å². The van der Waals surface area contributed by atoms with Crippen molar-refractivity contribution in [3.05, 3.63) is 29.3 Å².